The highest BCUT2D eigenvalue weighted by Crippen LogP contribution is 2.29. The number of hydrogen-bond donors (Lipinski definition) is 2. The van der Waals surface area contributed by atoms with Crippen LogP contribution in [-0.4, -0.2) is 66.1 Å². The van der Waals surface area contributed by atoms with Crippen LogP contribution in [0.25, 0.3) is 44.8 Å². The summed E-state index contributed by atoms with van der Waals surface area (Å²) in [7, 11) is -8.15. The van der Waals surface area contributed by atoms with E-state index in [9.17, 15) is 16.8 Å². The zero-order chi connectivity index (χ0) is 44.5. The lowest BCUT2D eigenvalue weighted by molar-refractivity contribution is 0.425. The van der Waals surface area contributed by atoms with Crippen LogP contribution in [-0.2, 0) is 32.8 Å². The minimum Gasteiger partial charge on any atom is -0.423 e. The molecule has 0 atom stereocenters. The fraction of sp³-hybridized carbons (Fsp3) is 0.261. The maximum Gasteiger partial charge on any atom is 0.488 e. The summed E-state index contributed by atoms with van der Waals surface area (Å²) in [5, 5.41) is 26.9. The summed E-state index contributed by atoms with van der Waals surface area (Å²) >= 11 is 3.47. The van der Waals surface area contributed by atoms with Crippen molar-refractivity contribution in [2.75, 3.05) is 12.5 Å². The molecule has 0 aliphatic heterocycles. The van der Waals surface area contributed by atoms with Crippen molar-refractivity contribution in [3.8, 4) is 33.6 Å². The van der Waals surface area contributed by atoms with Crippen LogP contribution in [0.4, 0.5) is 0 Å². The molecule has 0 radical (unpaired) electrons. The van der Waals surface area contributed by atoms with Gasteiger partial charge in [-0.3, -0.25) is 9.36 Å². The standard InChI is InChI=1S/C23H26N2O2S.C16H19BrN2.C7H9BO4S/c1-16(2)15-25-23(14-22(24-25)17(3)4)19-11-9-18(10-12-19)20-7-6-8-21(13-20)28(5,26)27;1-11(2)10-19-16(9-15(18-19)12(3)4)13-5-7-14(17)8-6-13;1-13(11,12)7-4-2-3-6(5-7)8(9)10/h6-14,16H,3,15H2,1-2,4-5H3;5-9,11H,3,10H2,1-2,4H3;2-5,9-10H,1H3. The van der Waals surface area contributed by atoms with Crippen LogP contribution in [0.5, 0.6) is 0 Å². The van der Waals surface area contributed by atoms with E-state index < -0.39 is 26.8 Å². The third kappa shape index (κ3) is 13.6. The predicted octanol–water partition coefficient (Wildman–Crippen LogP) is 9.08. The Morgan fingerprint density at radius 1 is 0.617 bits per heavy atom. The lowest BCUT2D eigenvalue weighted by Crippen LogP contribution is -2.30. The lowest BCUT2D eigenvalue weighted by Gasteiger charge is -2.11. The average Bonchev–Trinajstić information content (AvgIpc) is 3.79. The first-order chi connectivity index (χ1) is 28.0. The van der Waals surface area contributed by atoms with E-state index in [-0.39, 0.29) is 10.4 Å². The van der Waals surface area contributed by atoms with Gasteiger partial charge in [0.2, 0.25) is 0 Å². The van der Waals surface area contributed by atoms with E-state index in [2.05, 4.69) is 115 Å². The molecule has 4 aromatic carbocycles. The number of aromatic nitrogens is 4. The van der Waals surface area contributed by atoms with E-state index in [0.717, 1.165) is 74.4 Å². The molecule has 0 amide bonds. The number of rotatable bonds is 12. The maximum atomic E-state index is 11.8. The first-order valence-corrected chi connectivity index (χ1v) is 23.9. The van der Waals surface area contributed by atoms with Gasteiger partial charge in [0, 0.05) is 30.1 Å². The highest BCUT2D eigenvalue weighted by molar-refractivity contribution is 9.10. The SMILES string of the molecule is C=C(C)c1cc(-c2ccc(-c3cccc(S(C)(=O)=O)c3)cc2)n(CC(C)C)n1.C=C(C)c1cc(-c2ccc(Br)cc2)n(CC(C)C)n1.CS(=O)(=O)c1cccc(B(O)O)c1. The first-order valence-electron chi connectivity index (χ1n) is 19.3. The molecular formula is C46H54BBrN4O6S2. The van der Waals surface area contributed by atoms with Gasteiger partial charge in [0.05, 0.1) is 32.6 Å². The van der Waals surface area contributed by atoms with E-state index in [1.807, 2.05) is 36.7 Å². The van der Waals surface area contributed by atoms with Crippen molar-refractivity contribution < 1.29 is 26.9 Å². The van der Waals surface area contributed by atoms with E-state index >= 15 is 0 Å². The Kier molecular flexibility index (Phi) is 16.4. The van der Waals surface area contributed by atoms with Crippen LogP contribution < -0.4 is 5.46 Å². The number of benzene rings is 4. The molecule has 2 aromatic heterocycles. The summed E-state index contributed by atoms with van der Waals surface area (Å²) in [4.78, 5) is 0.410. The molecule has 6 rings (SSSR count). The summed E-state index contributed by atoms with van der Waals surface area (Å²) in [5.41, 5.74) is 10.3. The van der Waals surface area contributed by atoms with E-state index in [4.69, 9.17) is 15.1 Å². The number of hydrogen-bond acceptors (Lipinski definition) is 8. The van der Waals surface area contributed by atoms with Gasteiger partial charge in [-0.1, -0.05) is 117 Å². The molecule has 2 N–H and O–H groups in total. The Hall–Kier alpha value is -4.86. The predicted molar refractivity (Wildman–Crippen MR) is 250 cm³/mol. The van der Waals surface area contributed by atoms with Gasteiger partial charge in [-0.25, -0.2) is 16.8 Å². The molecule has 0 unspecified atom stereocenters. The molecule has 6 aromatic rings. The molecular weight excluding hydrogens is 859 g/mol. The second kappa shape index (κ2) is 20.6. The summed E-state index contributed by atoms with van der Waals surface area (Å²) in [5.74, 6) is 1.04. The van der Waals surface area contributed by atoms with Gasteiger partial charge in [0.1, 0.15) is 0 Å². The Morgan fingerprint density at radius 3 is 1.42 bits per heavy atom. The second-order valence-electron chi connectivity index (χ2n) is 15.6. The quantitative estimate of drug-likeness (QED) is 0.116. The molecule has 0 saturated carbocycles. The van der Waals surface area contributed by atoms with E-state index in [0.29, 0.717) is 16.7 Å². The van der Waals surface area contributed by atoms with Crippen molar-refractivity contribution in [3.63, 3.8) is 0 Å². The summed E-state index contributed by atoms with van der Waals surface area (Å²) in [6, 6.07) is 33.3. The summed E-state index contributed by atoms with van der Waals surface area (Å²) < 4.78 is 50.9. The van der Waals surface area contributed by atoms with Crippen molar-refractivity contribution in [2.45, 2.75) is 64.4 Å². The second-order valence-corrected chi connectivity index (χ2v) is 20.6. The molecule has 316 valence electrons. The smallest absolute Gasteiger partial charge is 0.423 e. The zero-order valence-corrected chi connectivity index (χ0v) is 38.7. The lowest BCUT2D eigenvalue weighted by atomic mass is 9.80. The molecule has 2 heterocycles. The third-order valence-electron chi connectivity index (χ3n) is 9.01. The van der Waals surface area contributed by atoms with Gasteiger partial charge in [0.25, 0.3) is 0 Å². The Labute approximate surface area is 364 Å². The number of sulfone groups is 2. The van der Waals surface area contributed by atoms with Crippen molar-refractivity contribution in [3.05, 3.63) is 138 Å². The molecule has 0 saturated heterocycles. The molecule has 0 aliphatic carbocycles. The molecule has 0 spiro atoms. The van der Waals surface area contributed by atoms with Crippen molar-refractivity contribution in [1.29, 1.82) is 0 Å². The van der Waals surface area contributed by atoms with Crippen LogP contribution in [0, 0.1) is 11.8 Å². The van der Waals surface area contributed by atoms with Gasteiger partial charge >= 0.3 is 7.12 Å². The van der Waals surface area contributed by atoms with Crippen LogP contribution in [0.3, 0.4) is 0 Å². The number of allylic oxidation sites excluding steroid dienone is 2. The summed E-state index contributed by atoms with van der Waals surface area (Å²) in [6.07, 6.45) is 2.29. The highest BCUT2D eigenvalue weighted by Gasteiger charge is 2.16. The largest absolute Gasteiger partial charge is 0.488 e. The molecule has 0 bridgehead atoms. The fourth-order valence-electron chi connectivity index (χ4n) is 5.95. The van der Waals surface area contributed by atoms with Crippen molar-refractivity contribution in [2.24, 2.45) is 11.8 Å². The maximum absolute atomic E-state index is 11.8. The van der Waals surface area contributed by atoms with Gasteiger partial charge in [-0.15, -0.1) is 0 Å². The molecule has 60 heavy (non-hydrogen) atoms. The minimum absolute atomic E-state index is 0.0816. The number of halogens is 1. The van der Waals surface area contributed by atoms with E-state index in [1.54, 1.807) is 18.2 Å². The van der Waals surface area contributed by atoms with Crippen molar-refractivity contribution in [1.82, 2.24) is 19.6 Å². The van der Waals surface area contributed by atoms with Crippen LogP contribution in [0.1, 0.15) is 52.9 Å². The van der Waals surface area contributed by atoms with E-state index in [1.165, 1.54) is 36.1 Å². The molecule has 0 aliphatic rings. The monoisotopic (exact) mass is 912 g/mol. The van der Waals surface area contributed by atoms with Gasteiger partial charge in [-0.05, 0) is 113 Å². The topological polar surface area (TPSA) is 144 Å². The van der Waals surface area contributed by atoms with Crippen LogP contribution >= 0.6 is 15.9 Å². The molecule has 14 heteroatoms. The number of nitrogens with zero attached hydrogens (tertiary/aromatic N) is 4. The first kappa shape index (κ1) is 47.8. The normalized spacial score (nSPS) is 11.4. The Bertz CT molecular complexity index is 2650. The third-order valence-corrected chi connectivity index (χ3v) is 11.8. The van der Waals surface area contributed by atoms with Crippen molar-refractivity contribution >= 4 is 59.3 Å². The fourth-order valence-corrected chi connectivity index (χ4v) is 7.56. The van der Waals surface area contributed by atoms with Gasteiger partial charge in [-0.2, -0.15) is 10.2 Å². The highest BCUT2D eigenvalue weighted by atomic mass is 79.9. The van der Waals surface area contributed by atoms with Gasteiger partial charge in [0.15, 0.2) is 19.7 Å². The molecule has 0 fully saturated rings. The minimum atomic E-state index is -3.28. The van der Waals surface area contributed by atoms with Crippen LogP contribution in [0.15, 0.2) is 137 Å². The van der Waals surface area contributed by atoms with Gasteiger partial charge < -0.3 is 10.0 Å². The van der Waals surface area contributed by atoms with Crippen LogP contribution in [0.2, 0.25) is 0 Å². The average molecular weight is 914 g/mol. The Morgan fingerprint density at radius 2 is 1.02 bits per heavy atom. The summed E-state index contributed by atoms with van der Waals surface area (Å²) in [6.45, 7) is 22.4. The zero-order valence-electron chi connectivity index (χ0n) is 35.5. The Balaban J connectivity index is 0.000000214. The molecule has 10 nitrogen and oxygen atoms in total.